The third kappa shape index (κ3) is 2.12. The van der Waals surface area contributed by atoms with Crippen molar-refractivity contribution in [2.75, 3.05) is 0 Å². The lowest BCUT2D eigenvalue weighted by molar-refractivity contribution is 0.559. The molecule has 0 spiro atoms. The summed E-state index contributed by atoms with van der Waals surface area (Å²) < 4.78 is 26.2. The van der Waals surface area contributed by atoms with E-state index in [2.05, 4.69) is 17.6 Å². The van der Waals surface area contributed by atoms with E-state index in [1.165, 1.54) is 24.4 Å². The number of rotatable bonds is 3. The van der Waals surface area contributed by atoms with Crippen molar-refractivity contribution in [3.63, 3.8) is 0 Å². The molecule has 0 fully saturated rings. The molecule has 2 nitrogen and oxygen atoms in total. The van der Waals surface area contributed by atoms with Gasteiger partial charge in [-0.3, -0.25) is 5.84 Å². The van der Waals surface area contributed by atoms with Gasteiger partial charge in [0.25, 0.3) is 0 Å². The Bertz CT molecular complexity index is 332. The van der Waals surface area contributed by atoms with Gasteiger partial charge in [-0.15, -0.1) is 0 Å². The van der Waals surface area contributed by atoms with Gasteiger partial charge in [0, 0.05) is 10.9 Å². The minimum atomic E-state index is -0.600. The fraction of sp³-hybridized carbons (Fsp3) is 0.222. The van der Waals surface area contributed by atoms with Crippen LogP contribution in [0, 0.1) is 18.6 Å². The number of nitrogens with one attached hydrogen (secondary N) is 1. The van der Waals surface area contributed by atoms with Gasteiger partial charge >= 0.3 is 0 Å². The highest BCUT2D eigenvalue weighted by atomic mass is 32.1. The summed E-state index contributed by atoms with van der Waals surface area (Å²) in [5, 5.41) is 1.31. The van der Waals surface area contributed by atoms with Gasteiger partial charge in [0.15, 0.2) is 0 Å². The molecule has 0 radical (unpaired) electrons. The Kier molecular flexibility index (Phi) is 3.62. The van der Waals surface area contributed by atoms with Crippen molar-refractivity contribution in [3.8, 4) is 0 Å². The minimum absolute atomic E-state index is 0.00566. The molecular weight excluding hydrogens is 206 g/mol. The zero-order valence-electron chi connectivity index (χ0n) is 7.55. The standard InChI is InChI=1S/C9H10F2N2S/c1-5-7(10)2-6(3-8(5)11)9(4-14)13-12/h2-4,9,13H,12H2,1H3. The predicted molar refractivity (Wildman–Crippen MR) is 54.8 cm³/mol. The van der Waals surface area contributed by atoms with E-state index < -0.39 is 17.7 Å². The zero-order valence-corrected chi connectivity index (χ0v) is 8.37. The van der Waals surface area contributed by atoms with Crippen molar-refractivity contribution < 1.29 is 8.78 Å². The SMILES string of the molecule is Cc1c(F)cc(C(C=S)NN)cc1F. The Morgan fingerprint density at radius 3 is 2.29 bits per heavy atom. The maximum atomic E-state index is 13.1. The molecule has 76 valence electrons. The van der Waals surface area contributed by atoms with Crippen molar-refractivity contribution in [3.05, 3.63) is 34.9 Å². The van der Waals surface area contributed by atoms with E-state index in [9.17, 15) is 8.78 Å². The number of thiocarbonyl (C=S) groups is 1. The summed E-state index contributed by atoms with van der Waals surface area (Å²) in [5.74, 6) is 3.96. The van der Waals surface area contributed by atoms with Crippen LogP contribution in [0.5, 0.6) is 0 Å². The summed E-state index contributed by atoms with van der Waals surface area (Å²) in [6.45, 7) is 1.37. The van der Waals surface area contributed by atoms with Gasteiger partial charge in [-0.2, -0.15) is 0 Å². The highest BCUT2D eigenvalue weighted by molar-refractivity contribution is 7.79. The average molecular weight is 216 g/mol. The molecule has 0 aromatic heterocycles. The first kappa shape index (κ1) is 11.2. The van der Waals surface area contributed by atoms with Gasteiger partial charge in [-0.1, -0.05) is 12.2 Å². The molecule has 5 heteroatoms. The summed E-state index contributed by atoms with van der Waals surface area (Å²) >= 11 is 4.66. The van der Waals surface area contributed by atoms with Crippen LogP contribution in [0.15, 0.2) is 12.1 Å². The molecule has 1 unspecified atom stereocenters. The highest BCUT2D eigenvalue weighted by Gasteiger charge is 2.11. The minimum Gasteiger partial charge on any atom is -0.271 e. The van der Waals surface area contributed by atoms with E-state index in [1.807, 2.05) is 0 Å². The molecule has 14 heavy (non-hydrogen) atoms. The maximum Gasteiger partial charge on any atom is 0.129 e. The molecule has 0 heterocycles. The Labute approximate surface area is 86.1 Å². The number of benzene rings is 1. The van der Waals surface area contributed by atoms with E-state index in [0.29, 0.717) is 5.56 Å². The molecule has 0 saturated heterocycles. The molecule has 0 aliphatic carbocycles. The van der Waals surface area contributed by atoms with Gasteiger partial charge in [-0.25, -0.2) is 14.2 Å². The Morgan fingerprint density at radius 2 is 1.93 bits per heavy atom. The lowest BCUT2D eigenvalue weighted by atomic mass is 10.1. The zero-order chi connectivity index (χ0) is 10.7. The molecule has 1 aromatic carbocycles. The van der Waals surface area contributed by atoms with Gasteiger partial charge in [0.1, 0.15) is 11.6 Å². The summed E-state index contributed by atoms with van der Waals surface area (Å²) in [6, 6.07) is 1.91. The third-order valence-corrected chi connectivity index (χ3v) is 2.25. The lowest BCUT2D eigenvalue weighted by Gasteiger charge is -2.11. The lowest BCUT2D eigenvalue weighted by Crippen LogP contribution is -2.28. The normalized spacial score (nSPS) is 12.6. The quantitative estimate of drug-likeness (QED) is 0.459. The molecule has 0 aliphatic rings. The van der Waals surface area contributed by atoms with Crippen molar-refractivity contribution in [2.45, 2.75) is 13.0 Å². The predicted octanol–water partition coefficient (Wildman–Crippen LogP) is 1.78. The Morgan fingerprint density at radius 1 is 1.43 bits per heavy atom. The van der Waals surface area contributed by atoms with Crippen LogP contribution in [0.4, 0.5) is 8.78 Å². The number of hydrazine groups is 1. The van der Waals surface area contributed by atoms with Crippen LogP contribution in [0.2, 0.25) is 0 Å². The smallest absolute Gasteiger partial charge is 0.129 e. The van der Waals surface area contributed by atoms with Crippen molar-refractivity contribution in [1.29, 1.82) is 0 Å². The van der Waals surface area contributed by atoms with Crippen molar-refractivity contribution in [2.24, 2.45) is 5.84 Å². The summed E-state index contributed by atoms with van der Waals surface area (Å²) in [5.41, 5.74) is 2.72. The number of nitrogens with two attached hydrogens (primary N) is 1. The first-order chi connectivity index (χ1) is 6.60. The molecule has 3 N–H and O–H groups in total. The van der Waals surface area contributed by atoms with Crippen LogP contribution in [-0.4, -0.2) is 5.37 Å². The van der Waals surface area contributed by atoms with Gasteiger partial charge < -0.3 is 0 Å². The van der Waals surface area contributed by atoms with E-state index in [0.717, 1.165) is 0 Å². The van der Waals surface area contributed by atoms with E-state index in [4.69, 9.17) is 5.84 Å². The van der Waals surface area contributed by atoms with E-state index in [1.54, 1.807) is 0 Å². The second-order valence-electron chi connectivity index (χ2n) is 2.89. The summed E-state index contributed by atoms with van der Waals surface area (Å²) in [7, 11) is 0. The number of halogens is 2. The van der Waals surface area contributed by atoms with Crippen LogP contribution in [0.25, 0.3) is 0 Å². The number of hydrogen-bond donors (Lipinski definition) is 2. The molecule has 1 rings (SSSR count). The Balaban J connectivity index is 3.17. The van der Waals surface area contributed by atoms with Crippen LogP contribution in [0.1, 0.15) is 17.2 Å². The maximum absolute atomic E-state index is 13.1. The fourth-order valence-corrected chi connectivity index (χ4v) is 1.29. The van der Waals surface area contributed by atoms with Crippen molar-refractivity contribution >= 4 is 17.6 Å². The molecule has 1 atom stereocenters. The highest BCUT2D eigenvalue weighted by Crippen LogP contribution is 2.18. The number of hydrogen-bond acceptors (Lipinski definition) is 3. The first-order valence-corrected chi connectivity index (χ1v) is 4.44. The summed E-state index contributed by atoms with van der Waals surface area (Å²) in [4.78, 5) is 0. The largest absolute Gasteiger partial charge is 0.271 e. The molecular formula is C9H10F2N2S. The molecule has 0 aliphatic heterocycles. The fourth-order valence-electron chi connectivity index (χ4n) is 1.06. The topological polar surface area (TPSA) is 38.0 Å². The Hall–Kier alpha value is -0.910. The van der Waals surface area contributed by atoms with Gasteiger partial charge in [0.2, 0.25) is 0 Å². The summed E-state index contributed by atoms with van der Waals surface area (Å²) in [6.07, 6.45) is 0. The van der Waals surface area contributed by atoms with Crippen LogP contribution < -0.4 is 11.3 Å². The first-order valence-electron chi connectivity index (χ1n) is 3.97. The van der Waals surface area contributed by atoms with Crippen LogP contribution >= 0.6 is 12.2 Å². The second-order valence-corrected chi connectivity index (χ2v) is 3.16. The van der Waals surface area contributed by atoms with E-state index >= 15 is 0 Å². The van der Waals surface area contributed by atoms with Gasteiger partial charge in [0.05, 0.1) is 6.04 Å². The van der Waals surface area contributed by atoms with Crippen molar-refractivity contribution in [1.82, 2.24) is 5.43 Å². The molecule has 0 amide bonds. The van der Waals surface area contributed by atoms with Gasteiger partial charge in [-0.05, 0) is 24.6 Å². The third-order valence-electron chi connectivity index (χ3n) is 1.98. The monoisotopic (exact) mass is 216 g/mol. The molecule has 1 aromatic rings. The van der Waals surface area contributed by atoms with E-state index in [-0.39, 0.29) is 5.56 Å². The molecule has 0 saturated carbocycles. The molecule has 0 bridgehead atoms. The average Bonchev–Trinajstić information content (AvgIpc) is 2.16. The van der Waals surface area contributed by atoms with Crippen LogP contribution in [-0.2, 0) is 0 Å². The van der Waals surface area contributed by atoms with Crippen LogP contribution in [0.3, 0.4) is 0 Å². The second kappa shape index (κ2) is 4.54.